The van der Waals surface area contributed by atoms with Crippen molar-refractivity contribution < 1.29 is 28.8 Å². The normalized spacial score (nSPS) is 25.0. The van der Waals surface area contributed by atoms with Gasteiger partial charge in [-0.15, -0.1) is 0 Å². The van der Waals surface area contributed by atoms with Crippen LogP contribution in [0.5, 0.6) is 0 Å². The van der Waals surface area contributed by atoms with Crippen molar-refractivity contribution in [2.24, 2.45) is 23.7 Å². The van der Waals surface area contributed by atoms with Gasteiger partial charge in [0.2, 0.25) is 17.6 Å². The van der Waals surface area contributed by atoms with Crippen LogP contribution >= 0.6 is 0 Å². The molecule has 5 atom stereocenters. The van der Waals surface area contributed by atoms with E-state index in [1.807, 2.05) is 18.2 Å². The van der Waals surface area contributed by atoms with Gasteiger partial charge in [0.1, 0.15) is 0 Å². The molecule has 0 aromatic heterocycles. The lowest BCUT2D eigenvalue weighted by Gasteiger charge is -2.28. The highest BCUT2D eigenvalue weighted by molar-refractivity contribution is 6.22. The second-order valence-corrected chi connectivity index (χ2v) is 10.3. The molecule has 3 aromatic rings. The van der Waals surface area contributed by atoms with Crippen LogP contribution in [0.25, 0.3) is 0 Å². The van der Waals surface area contributed by atoms with E-state index in [0.717, 1.165) is 18.9 Å². The summed E-state index contributed by atoms with van der Waals surface area (Å²) in [5.41, 5.74) is 1.59. The van der Waals surface area contributed by atoms with Crippen LogP contribution in [0.3, 0.4) is 0 Å². The van der Waals surface area contributed by atoms with E-state index in [-0.39, 0.29) is 58.2 Å². The third-order valence-electron chi connectivity index (χ3n) is 8.32. The van der Waals surface area contributed by atoms with Crippen LogP contribution in [-0.2, 0) is 14.3 Å². The molecule has 2 saturated carbocycles. The summed E-state index contributed by atoms with van der Waals surface area (Å²) in [5.74, 6) is -1.73. The minimum Gasteiger partial charge on any atom is -0.454 e. The second kappa shape index (κ2) is 9.58. The summed E-state index contributed by atoms with van der Waals surface area (Å²) in [5, 5.41) is 10.9. The van der Waals surface area contributed by atoms with Crippen molar-refractivity contribution in [3.05, 3.63) is 106 Å². The number of anilines is 1. The maximum Gasteiger partial charge on any atom is 0.338 e. The number of hydrogen-bond donors (Lipinski definition) is 0. The standard InChI is InChI=1S/C30H24N2O7/c33-25(19-7-4-8-22(13-19)32(37)38)16-39-30(36)18-9-11-21(12-10-18)31-28(34)26-20-14-23(17-5-2-1-3-6-17)24(15-20)27(26)29(31)35/h1-13,20,23-24,26-27H,14-16H2/t20-,23+,24+,26+,27+/m0/s1. The number of nitro benzene ring substituents is 1. The molecule has 2 aliphatic carbocycles. The van der Waals surface area contributed by atoms with Gasteiger partial charge in [-0.1, -0.05) is 42.5 Å². The number of hydrogen-bond acceptors (Lipinski definition) is 7. The number of rotatable bonds is 7. The monoisotopic (exact) mass is 524 g/mol. The number of benzene rings is 3. The van der Waals surface area contributed by atoms with Crippen molar-refractivity contribution in [1.82, 2.24) is 0 Å². The highest BCUT2D eigenvalue weighted by Crippen LogP contribution is 2.61. The van der Waals surface area contributed by atoms with Crippen LogP contribution in [0.15, 0.2) is 78.9 Å². The molecule has 1 heterocycles. The summed E-state index contributed by atoms with van der Waals surface area (Å²) in [6, 6.07) is 21.3. The van der Waals surface area contributed by atoms with Gasteiger partial charge in [-0.2, -0.15) is 0 Å². The van der Waals surface area contributed by atoms with Crippen molar-refractivity contribution in [3.8, 4) is 0 Å². The Hall–Kier alpha value is -4.66. The van der Waals surface area contributed by atoms with Gasteiger partial charge in [-0.3, -0.25) is 29.4 Å². The molecule has 39 heavy (non-hydrogen) atoms. The molecule has 1 aliphatic heterocycles. The Morgan fingerprint density at radius 2 is 1.59 bits per heavy atom. The molecule has 0 unspecified atom stereocenters. The quantitative estimate of drug-likeness (QED) is 0.146. The summed E-state index contributed by atoms with van der Waals surface area (Å²) in [7, 11) is 0. The Morgan fingerprint density at radius 1 is 0.872 bits per heavy atom. The number of amides is 2. The van der Waals surface area contributed by atoms with Crippen LogP contribution in [0.2, 0.25) is 0 Å². The number of imide groups is 1. The van der Waals surface area contributed by atoms with E-state index in [4.69, 9.17) is 4.74 Å². The first-order valence-electron chi connectivity index (χ1n) is 12.8. The zero-order valence-corrected chi connectivity index (χ0v) is 20.8. The highest BCUT2D eigenvalue weighted by atomic mass is 16.6. The maximum atomic E-state index is 13.5. The number of ketones is 1. The summed E-state index contributed by atoms with van der Waals surface area (Å²) in [6.45, 7) is -0.584. The van der Waals surface area contributed by atoms with Crippen molar-refractivity contribution >= 4 is 34.9 Å². The summed E-state index contributed by atoms with van der Waals surface area (Å²) < 4.78 is 5.10. The van der Waals surface area contributed by atoms with E-state index in [1.54, 1.807) is 0 Å². The number of nitrogens with zero attached hydrogens (tertiary/aromatic N) is 2. The van der Waals surface area contributed by atoms with Crippen LogP contribution in [-0.4, -0.2) is 35.1 Å². The average molecular weight is 525 g/mol. The third kappa shape index (κ3) is 4.20. The number of non-ortho nitro benzene ring substituents is 1. The lowest BCUT2D eigenvalue weighted by Crippen LogP contribution is -2.33. The first-order chi connectivity index (χ1) is 18.8. The summed E-state index contributed by atoms with van der Waals surface area (Å²) >= 11 is 0. The third-order valence-corrected chi connectivity index (χ3v) is 8.32. The zero-order valence-electron chi connectivity index (χ0n) is 20.8. The molecule has 3 fully saturated rings. The predicted octanol–water partition coefficient (Wildman–Crippen LogP) is 4.56. The number of ether oxygens (including phenoxy) is 1. The molecule has 2 amide bonds. The Labute approximate surface area is 223 Å². The van der Waals surface area contributed by atoms with Crippen molar-refractivity contribution in [2.45, 2.75) is 18.8 Å². The fourth-order valence-corrected chi connectivity index (χ4v) is 6.63. The van der Waals surface area contributed by atoms with Gasteiger partial charge >= 0.3 is 5.97 Å². The number of Topliss-reactive ketones (excluding diaryl/α,β-unsaturated/α-hetero) is 1. The van der Waals surface area contributed by atoms with Crippen LogP contribution < -0.4 is 4.90 Å². The van der Waals surface area contributed by atoms with Gasteiger partial charge in [0.15, 0.2) is 6.61 Å². The Kier molecular flexibility index (Phi) is 6.06. The zero-order chi connectivity index (χ0) is 27.3. The van der Waals surface area contributed by atoms with E-state index < -0.39 is 23.3 Å². The van der Waals surface area contributed by atoms with Gasteiger partial charge in [0.25, 0.3) is 5.69 Å². The largest absolute Gasteiger partial charge is 0.454 e. The molecule has 0 N–H and O–H groups in total. The molecule has 9 nitrogen and oxygen atoms in total. The lowest BCUT2D eigenvalue weighted by molar-refractivity contribution is -0.384. The molecule has 3 aliphatic rings. The Balaban J connectivity index is 1.12. The van der Waals surface area contributed by atoms with E-state index in [9.17, 15) is 29.3 Å². The van der Waals surface area contributed by atoms with Gasteiger partial charge in [0, 0.05) is 17.7 Å². The number of fused-ring (bicyclic) bond motifs is 5. The molecule has 3 aromatic carbocycles. The molecule has 196 valence electrons. The minimum atomic E-state index is -0.764. The molecular weight excluding hydrogens is 500 g/mol. The fraction of sp³-hybridized carbons (Fsp3) is 0.267. The number of carbonyl (C=O) groups excluding carboxylic acids is 4. The summed E-state index contributed by atoms with van der Waals surface area (Å²) in [4.78, 5) is 63.3. The highest BCUT2D eigenvalue weighted by Gasteiger charge is 2.64. The Morgan fingerprint density at radius 3 is 2.31 bits per heavy atom. The molecule has 1 saturated heterocycles. The smallest absolute Gasteiger partial charge is 0.338 e. The molecular formula is C30H24N2O7. The molecule has 9 heteroatoms. The lowest BCUT2D eigenvalue weighted by atomic mass is 9.73. The van der Waals surface area contributed by atoms with Crippen molar-refractivity contribution in [2.75, 3.05) is 11.5 Å². The minimum absolute atomic E-state index is 0.0624. The number of carbonyl (C=O) groups is 4. The predicted molar refractivity (Wildman–Crippen MR) is 139 cm³/mol. The second-order valence-electron chi connectivity index (χ2n) is 10.3. The maximum absolute atomic E-state index is 13.5. The van der Waals surface area contributed by atoms with Crippen LogP contribution in [0.1, 0.15) is 45.0 Å². The Bertz CT molecular complexity index is 1500. The van der Waals surface area contributed by atoms with E-state index in [1.165, 1.54) is 52.9 Å². The van der Waals surface area contributed by atoms with Crippen LogP contribution in [0, 0.1) is 33.8 Å². The first kappa shape index (κ1) is 24.7. The van der Waals surface area contributed by atoms with Gasteiger partial charge < -0.3 is 4.74 Å². The van der Waals surface area contributed by atoms with Gasteiger partial charge in [0.05, 0.1) is 28.0 Å². The SMILES string of the molecule is O=C(COC(=O)c1ccc(N2C(=O)[C@@H]3[C@@H]4C[C@@H]([C@H]3C2=O)[C@@H](c2ccccc2)C4)cc1)c1cccc([N+](=O)[O-])c1. The number of nitro groups is 1. The average Bonchev–Trinajstić information content (AvgIpc) is 3.63. The van der Waals surface area contributed by atoms with Crippen molar-refractivity contribution in [1.29, 1.82) is 0 Å². The van der Waals surface area contributed by atoms with Gasteiger partial charge in [-0.05, 0) is 60.4 Å². The molecule has 0 spiro atoms. The van der Waals surface area contributed by atoms with Crippen molar-refractivity contribution in [3.63, 3.8) is 0 Å². The van der Waals surface area contributed by atoms with Gasteiger partial charge in [-0.25, -0.2) is 4.79 Å². The summed E-state index contributed by atoms with van der Waals surface area (Å²) in [6.07, 6.45) is 1.79. The van der Waals surface area contributed by atoms with E-state index in [2.05, 4.69) is 12.1 Å². The van der Waals surface area contributed by atoms with E-state index >= 15 is 0 Å². The molecule has 0 radical (unpaired) electrons. The van der Waals surface area contributed by atoms with Crippen LogP contribution in [0.4, 0.5) is 11.4 Å². The molecule has 6 rings (SSSR count). The topological polar surface area (TPSA) is 124 Å². The first-order valence-corrected chi connectivity index (χ1v) is 12.8. The number of esters is 1. The fourth-order valence-electron chi connectivity index (χ4n) is 6.63. The van der Waals surface area contributed by atoms with E-state index in [0.29, 0.717) is 5.69 Å². The molecule has 2 bridgehead atoms.